The zero-order valence-electron chi connectivity index (χ0n) is 23.8. The Labute approximate surface area is 238 Å². The second-order valence-corrected chi connectivity index (χ2v) is 11.9. The zero-order valence-corrected chi connectivity index (χ0v) is 24.6. The molecule has 0 aliphatic carbocycles. The highest BCUT2D eigenvalue weighted by molar-refractivity contribution is 7.92. The topological polar surface area (TPSA) is 96.0 Å². The van der Waals surface area contributed by atoms with Crippen molar-refractivity contribution in [2.24, 2.45) is 5.92 Å². The molecule has 0 heterocycles. The molecule has 1 atom stereocenters. The van der Waals surface area contributed by atoms with Gasteiger partial charge < -0.3 is 15.0 Å². The third kappa shape index (κ3) is 7.63. The van der Waals surface area contributed by atoms with E-state index < -0.39 is 28.5 Å². The first-order valence-corrected chi connectivity index (χ1v) is 14.9. The van der Waals surface area contributed by atoms with E-state index in [9.17, 15) is 18.0 Å². The van der Waals surface area contributed by atoms with Gasteiger partial charge in [0, 0.05) is 13.1 Å². The number of hydrogen-bond donors (Lipinski definition) is 1. The van der Waals surface area contributed by atoms with E-state index in [2.05, 4.69) is 5.32 Å². The van der Waals surface area contributed by atoms with Crippen molar-refractivity contribution >= 4 is 27.5 Å². The van der Waals surface area contributed by atoms with Crippen LogP contribution in [0, 0.1) is 12.8 Å². The number of rotatable bonds is 13. The van der Waals surface area contributed by atoms with Crippen LogP contribution in [0.15, 0.2) is 83.8 Å². The average Bonchev–Trinajstić information content (AvgIpc) is 2.94. The minimum atomic E-state index is -4.17. The quantitative estimate of drug-likeness (QED) is 0.322. The Morgan fingerprint density at radius 2 is 1.52 bits per heavy atom. The van der Waals surface area contributed by atoms with Gasteiger partial charge in [-0.2, -0.15) is 0 Å². The number of nitrogens with zero attached hydrogens (tertiary/aromatic N) is 2. The van der Waals surface area contributed by atoms with Gasteiger partial charge in [0.15, 0.2) is 0 Å². The molecule has 1 N–H and O–H groups in total. The average molecular weight is 566 g/mol. The lowest BCUT2D eigenvalue weighted by molar-refractivity contribution is -0.139. The van der Waals surface area contributed by atoms with Crippen LogP contribution >= 0.6 is 0 Å². The standard InChI is InChI=1S/C31H39N3O5S/c1-6-39-29-19-13-12-18-28(29)34(40(37,38)27-16-8-7-9-17-27)22-30(35)33(21-26-15-11-10-14-24(26)4)25(5)31(36)32-20-23(2)3/h7-19,23,25H,6,20-22H2,1-5H3,(H,32,36)/t25-/m0/s1. The summed E-state index contributed by atoms with van der Waals surface area (Å²) in [4.78, 5) is 28.7. The van der Waals surface area contributed by atoms with E-state index in [1.54, 1.807) is 56.3 Å². The molecular weight excluding hydrogens is 526 g/mol. The van der Waals surface area contributed by atoms with E-state index in [1.165, 1.54) is 17.0 Å². The fourth-order valence-electron chi connectivity index (χ4n) is 4.18. The number of para-hydroxylation sites is 2. The molecule has 2 amide bonds. The van der Waals surface area contributed by atoms with Gasteiger partial charge in [0.1, 0.15) is 18.3 Å². The maximum absolute atomic E-state index is 14.1. The number of anilines is 1. The molecule has 3 aromatic carbocycles. The van der Waals surface area contributed by atoms with Gasteiger partial charge in [-0.25, -0.2) is 8.42 Å². The normalized spacial score (nSPS) is 12.1. The van der Waals surface area contributed by atoms with Crippen LogP contribution in [0.25, 0.3) is 0 Å². The molecule has 214 valence electrons. The van der Waals surface area contributed by atoms with Gasteiger partial charge in [0.05, 0.1) is 17.2 Å². The Morgan fingerprint density at radius 1 is 0.900 bits per heavy atom. The summed E-state index contributed by atoms with van der Waals surface area (Å²) in [6.45, 7) is 9.79. The highest BCUT2D eigenvalue weighted by Crippen LogP contribution is 2.33. The lowest BCUT2D eigenvalue weighted by Gasteiger charge is -2.32. The minimum Gasteiger partial charge on any atom is -0.492 e. The number of nitrogens with one attached hydrogen (secondary N) is 1. The third-order valence-corrected chi connectivity index (χ3v) is 8.27. The summed E-state index contributed by atoms with van der Waals surface area (Å²) in [5.41, 5.74) is 2.08. The van der Waals surface area contributed by atoms with Gasteiger partial charge in [-0.1, -0.05) is 68.4 Å². The largest absolute Gasteiger partial charge is 0.492 e. The summed E-state index contributed by atoms with van der Waals surface area (Å²) in [5.74, 6) is -0.243. The van der Waals surface area contributed by atoms with Crippen molar-refractivity contribution in [3.05, 3.63) is 90.0 Å². The fourth-order valence-corrected chi connectivity index (χ4v) is 5.63. The molecule has 0 bridgehead atoms. The number of ether oxygens (including phenoxy) is 1. The molecule has 9 heteroatoms. The number of hydrogen-bond acceptors (Lipinski definition) is 5. The Morgan fingerprint density at radius 3 is 2.17 bits per heavy atom. The minimum absolute atomic E-state index is 0.0438. The summed E-state index contributed by atoms with van der Waals surface area (Å²) in [5, 5.41) is 2.90. The van der Waals surface area contributed by atoms with E-state index in [1.807, 2.05) is 45.0 Å². The number of carbonyl (C=O) groups excluding carboxylic acids is 2. The van der Waals surface area contributed by atoms with Crippen molar-refractivity contribution < 1.29 is 22.7 Å². The van der Waals surface area contributed by atoms with Crippen molar-refractivity contribution in [2.45, 2.75) is 52.1 Å². The van der Waals surface area contributed by atoms with Crippen molar-refractivity contribution in [1.29, 1.82) is 0 Å². The highest BCUT2D eigenvalue weighted by atomic mass is 32.2. The van der Waals surface area contributed by atoms with Crippen LogP contribution in [0.2, 0.25) is 0 Å². The number of carbonyl (C=O) groups is 2. The first-order valence-electron chi connectivity index (χ1n) is 13.5. The summed E-state index contributed by atoms with van der Waals surface area (Å²) in [7, 11) is -4.17. The molecule has 3 rings (SSSR count). The first-order chi connectivity index (χ1) is 19.1. The zero-order chi connectivity index (χ0) is 29.3. The Kier molecular flexibility index (Phi) is 10.7. The molecular formula is C31H39N3O5S. The van der Waals surface area contributed by atoms with Crippen molar-refractivity contribution in [2.75, 3.05) is 24.0 Å². The molecule has 0 aromatic heterocycles. The van der Waals surface area contributed by atoms with Crippen molar-refractivity contribution in [1.82, 2.24) is 10.2 Å². The molecule has 0 aliphatic rings. The third-order valence-electron chi connectivity index (χ3n) is 6.50. The van der Waals surface area contributed by atoms with Gasteiger partial charge in [0.25, 0.3) is 10.0 Å². The maximum Gasteiger partial charge on any atom is 0.264 e. The molecule has 0 saturated carbocycles. The summed E-state index contributed by atoms with van der Waals surface area (Å²) < 4.78 is 34.7. The van der Waals surface area contributed by atoms with Crippen molar-refractivity contribution in [3.63, 3.8) is 0 Å². The molecule has 0 unspecified atom stereocenters. The number of sulfonamides is 1. The van der Waals surface area contributed by atoms with Crippen LogP contribution in [-0.4, -0.2) is 50.9 Å². The molecule has 0 fully saturated rings. The maximum atomic E-state index is 14.1. The Balaban J connectivity index is 2.06. The van der Waals surface area contributed by atoms with E-state index >= 15 is 0 Å². The lowest BCUT2D eigenvalue weighted by Crippen LogP contribution is -2.51. The van der Waals surface area contributed by atoms with E-state index in [4.69, 9.17) is 4.74 Å². The van der Waals surface area contributed by atoms with Crippen molar-refractivity contribution in [3.8, 4) is 5.75 Å². The van der Waals surface area contributed by atoms with Crippen LogP contribution in [0.3, 0.4) is 0 Å². The summed E-state index contributed by atoms with van der Waals surface area (Å²) in [6.07, 6.45) is 0. The van der Waals surface area contributed by atoms with Gasteiger partial charge in [-0.3, -0.25) is 13.9 Å². The molecule has 0 spiro atoms. The number of amides is 2. The first kappa shape index (κ1) is 30.7. The van der Waals surface area contributed by atoms with Crippen LogP contribution in [0.4, 0.5) is 5.69 Å². The molecule has 0 radical (unpaired) electrons. The number of benzene rings is 3. The molecule has 0 aliphatic heterocycles. The van der Waals surface area contributed by atoms with Crippen LogP contribution < -0.4 is 14.4 Å². The molecule has 3 aromatic rings. The Hall–Kier alpha value is -3.85. The van der Waals surface area contributed by atoms with E-state index in [-0.39, 0.29) is 29.0 Å². The lowest BCUT2D eigenvalue weighted by atomic mass is 10.1. The molecule has 40 heavy (non-hydrogen) atoms. The van der Waals surface area contributed by atoms with E-state index in [0.717, 1.165) is 15.4 Å². The second kappa shape index (κ2) is 14.0. The smallest absolute Gasteiger partial charge is 0.264 e. The molecule has 8 nitrogen and oxygen atoms in total. The SMILES string of the molecule is CCOc1ccccc1N(CC(=O)N(Cc1ccccc1C)[C@@H](C)C(=O)NCC(C)C)S(=O)(=O)c1ccccc1. The van der Waals surface area contributed by atoms with E-state index in [0.29, 0.717) is 18.9 Å². The van der Waals surface area contributed by atoms with Gasteiger partial charge in [-0.05, 0) is 62.1 Å². The second-order valence-electron chi connectivity index (χ2n) is 9.99. The van der Waals surface area contributed by atoms with Crippen LogP contribution in [0.1, 0.15) is 38.8 Å². The summed E-state index contributed by atoms with van der Waals surface area (Å²) >= 11 is 0. The van der Waals surface area contributed by atoms with Gasteiger partial charge >= 0.3 is 0 Å². The fraction of sp³-hybridized carbons (Fsp3) is 0.355. The van der Waals surface area contributed by atoms with Gasteiger partial charge in [0.2, 0.25) is 11.8 Å². The number of aryl methyl sites for hydroxylation is 1. The van der Waals surface area contributed by atoms with Crippen LogP contribution in [0.5, 0.6) is 5.75 Å². The summed E-state index contributed by atoms with van der Waals surface area (Å²) in [6, 6.07) is 21.5. The predicted octanol–water partition coefficient (Wildman–Crippen LogP) is 4.78. The highest BCUT2D eigenvalue weighted by Gasteiger charge is 2.33. The predicted molar refractivity (Wildman–Crippen MR) is 158 cm³/mol. The monoisotopic (exact) mass is 565 g/mol. The van der Waals surface area contributed by atoms with Crippen LogP contribution in [-0.2, 0) is 26.2 Å². The Bertz CT molecular complexity index is 1390. The van der Waals surface area contributed by atoms with Gasteiger partial charge in [-0.15, -0.1) is 0 Å². The molecule has 0 saturated heterocycles.